The Labute approximate surface area is 121 Å². The first-order valence-corrected chi connectivity index (χ1v) is 6.71. The molecule has 108 valence electrons. The molecule has 1 saturated heterocycles. The second-order valence-corrected chi connectivity index (χ2v) is 4.90. The van der Waals surface area contributed by atoms with Crippen LogP contribution in [0.2, 0.25) is 0 Å². The van der Waals surface area contributed by atoms with Crippen molar-refractivity contribution in [3.05, 3.63) is 42.3 Å². The zero-order chi connectivity index (χ0) is 14.8. The van der Waals surface area contributed by atoms with Gasteiger partial charge in [-0.25, -0.2) is 9.78 Å². The second-order valence-electron chi connectivity index (χ2n) is 4.90. The minimum Gasteiger partial charge on any atom is -0.480 e. The number of nitrogens with zero attached hydrogens (tertiary/aromatic N) is 2. The van der Waals surface area contributed by atoms with Gasteiger partial charge in [0.25, 0.3) is 5.91 Å². The molecular weight excluding hydrogens is 272 g/mol. The van der Waals surface area contributed by atoms with Gasteiger partial charge in [0.15, 0.2) is 5.69 Å². The van der Waals surface area contributed by atoms with E-state index in [0.29, 0.717) is 25.3 Å². The first kappa shape index (κ1) is 13.4. The van der Waals surface area contributed by atoms with Gasteiger partial charge in [0.2, 0.25) is 5.89 Å². The lowest BCUT2D eigenvalue weighted by Gasteiger charge is -2.19. The van der Waals surface area contributed by atoms with E-state index in [2.05, 4.69) is 4.98 Å². The Morgan fingerprint density at radius 2 is 2.05 bits per heavy atom. The Hall–Kier alpha value is -2.63. The van der Waals surface area contributed by atoms with Gasteiger partial charge < -0.3 is 14.4 Å². The third kappa shape index (κ3) is 2.52. The number of carbonyl (C=O) groups is 2. The van der Waals surface area contributed by atoms with E-state index in [0.717, 1.165) is 5.56 Å². The molecule has 0 aliphatic carbocycles. The quantitative estimate of drug-likeness (QED) is 0.933. The van der Waals surface area contributed by atoms with Crippen molar-refractivity contribution in [2.45, 2.75) is 18.9 Å². The highest BCUT2D eigenvalue weighted by atomic mass is 16.4. The summed E-state index contributed by atoms with van der Waals surface area (Å²) in [6.07, 6.45) is 2.44. The van der Waals surface area contributed by atoms with Crippen LogP contribution in [-0.4, -0.2) is 39.5 Å². The summed E-state index contributed by atoms with van der Waals surface area (Å²) in [5.41, 5.74) is 0.912. The van der Waals surface area contributed by atoms with E-state index in [1.54, 1.807) is 0 Å². The number of carbonyl (C=O) groups excluding carboxylic acids is 1. The van der Waals surface area contributed by atoms with Crippen molar-refractivity contribution < 1.29 is 19.1 Å². The summed E-state index contributed by atoms with van der Waals surface area (Å²) in [4.78, 5) is 29.0. The summed E-state index contributed by atoms with van der Waals surface area (Å²) >= 11 is 0. The van der Waals surface area contributed by atoms with E-state index in [9.17, 15) is 9.59 Å². The number of hydrogen-bond donors (Lipinski definition) is 1. The van der Waals surface area contributed by atoms with E-state index in [1.807, 2.05) is 30.3 Å². The van der Waals surface area contributed by atoms with Gasteiger partial charge in [0.05, 0.1) is 0 Å². The molecule has 2 heterocycles. The summed E-state index contributed by atoms with van der Waals surface area (Å²) in [6.45, 7) is 0.434. The van der Waals surface area contributed by atoms with E-state index in [4.69, 9.17) is 9.52 Å². The SMILES string of the molecule is O=C(O)[C@@H]1CCCN1C(=O)c1coc(-c2ccccc2)n1. The van der Waals surface area contributed by atoms with Gasteiger partial charge in [-0.1, -0.05) is 18.2 Å². The minimum atomic E-state index is -0.979. The molecular formula is C15H14N2O4. The van der Waals surface area contributed by atoms with Crippen LogP contribution in [0.4, 0.5) is 0 Å². The van der Waals surface area contributed by atoms with Crippen LogP contribution < -0.4 is 0 Å². The maximum atomic E-state index is 12.3. The number of benzene rings is 1. The van der Waals surface area contributed by atoms with Crippen LogP contribution in [0.25, 0.3) is 11.5 Å². The van der Waals surface area contributed by atoms with Crippen molar-refractivity contribution in [2.24, 2.45) is 0 Å². The molecule has 0 saturated carbocycles. The Bertz CT molecular complexity index is 665. The first-order valence-electron chi connectivity index (χ1n) is 6.71. The highest BCUT2D eigenvalue weighted by molar-refractivity contribution is 5.95. The van der Waals surface area contributed by atoms with Crippen molar-refractivity contribution in [3.8, 4) is 11.5 Å². The zero-order valence-corrected chi connectivity index (χ0v) is 11.2. The van der Waals surface area contributed by atoms with Gasteiger partial charge in [-0.15, -0.1) is 0 Å². The van der Waals surface area contributed by atoms with Crippen LogP contribution in [-0.2, 0) is 4.79 Å². The van der Waals surface area contributed by atoms with Crippen LogP contribution in [0.15, 0.2) is 41.0 Å². The number of carboxylic acid groups (broad SMARTS) is 1. The fourth-order valence-electron chi connectivity index (χ4n) is 2.50. The van der Waals surface area contributed by atoms with Gasteiger partial charge in [0.1, 0.15) is 12.3 Å². The largest absolute Gasteiger partial charge is 0.480 e. The summed E-state index contributed by atoms with van der Waals surface area (Å²) in [7, 11) is 0. The Morgan fingerprint density at radius 3 is 2.76 bits per heavy atom. The number of aromatic nitrogens is 1. The van der Waals surface area contributed by atoms with Crippen LogP contribution in [0.5, 0.6) is 0 Å². The molecule has 1 aromatic carbocycles. The lowest BCUT2D eigenvalue weighted by Crippen LogP contribution is -2.40. The number of hydrogen-bond acceptors (Lipinski definition) is 4. The molecule has 0 radical (unpaired) electrons. The van der Waals surface area contributed by atoms with Crippen LogP contribution in [0.1, 0.15) is 23.3 Å². The average Bonchev–Trinajstić information content (AvgIpc) is 3.17. The highest BCUT2D eigenvalue weighted by Gasteiger charge is 2.35. The third-order valence-electron chi connectivity index (χ3n) is 3.54. The smallest absolute Gasteiger partial charge is 0.326 e. The summed E-state index contributed by atoms with van der Waals surface area (Å²) in [5, 5.41) is 9.12. The van der Waals surface area contributed by atoms with Crippen LogP contribution in [0, 0.1) is 0 Å². The standard InChI is InChI=1S/C15H14N2O4/c18-14(17-8-4-7-12(17)15(19)20)11-9-21-13(16-11)10-5-2-1-3-6-10/h1-3,5-6,9,12H,4,7-8H2,(H,19,20)/t12-/m0/s1. The number of carboxylic acids is 1. The van der Waals surface area contributed by atoms with Gasteiger partial charge in [-0.05, 0) is 25.0 Å². The molecule has 3 rings (SSSR count). The zero-order valence-electron chi connectivity index (χ0n) is 11.2. The van der Waals surface area contributed by atoms with Crippen molar-refractivity contribution >= 4 is 11.9 Å². The number of amides is 1. The molecule has 1 fully saturated rings. The predicted octanol–water partition coefficient (Wildman–Crippen LogP) is 2.03. The summed E-state index contributed by atoms with van der Waals surface area (Å²) < 4.78 is 5.32. The molecule has 1 atom stereocenters. The number of oxazole rings is 1. The average molecular weight is 286 g/mol. The van der Waals surface area contributed by atoms with E-state index in [-0.39, 0.29) is 5.69 Å². The number of likely N-dealkylation sites (tertiary alicyclic amines) is 1. The first-order chi connectivity index (χ1) is 10.2. The molecule has 2 aromatic rings. The molecule has 6 heteroatoms. The molecule has 1 N–H and O–H groups in total. The molecule has 6 nitrogen and oxygen atoms in total. The molecule has 0 unspecified atom stereocenters. The molecule has 1 aliphatic rings. The second kappa shape index (κ2) is 5.40. The van der Waals surface area contributed by atoms with Crippen molar-refractivity contribution in [1.82, 2.24) is 9.88 Å². The van der Waals surface area contributed by atoms with E-state index in [1.165, 1.54) is 11.2 Å². The minimum absolute atomic E-state index is 0.141. The number of rotatable bonds is 3. The number of aliphatic carboxylic acids is 1. The predicted molar refractivity (Wildman–Crippen MR) is 73.6 cm³/mol. The fourth-order valence-corrected chi connectivity index (χ4v) is 2.50. The Kier molecular flexibility index (Phi) is 3.43. The Morgan fingerprint density at radius 1 is 1.29 bits per heavy atom. The normalized spacial score (nSPS) is 17.9. The molecule has 1 amide bonds. The van der Waals surface area contributed by atoms with Gasteiger partial charge in [0, 0.05) is 12.1 Å². The monoisotopic (exact) mass is 286 g/mol. The fraction of sp³-hybridized carbons (Fsp3) is 0.267. The molecule has 1 aliphatic heterocycles. The van der Waals surface area contributed by atoms with Gasteiger partial charge >= 0.3 is 5.97 Å². The van der Waals surface area contributed by atoms with E-state index < -0.39 is 17.9 Å². The lowest BCUT2D eigenvalue weighted by atomic mass is 10.2. The van der Waals surface area contributed by atoms with Crippen LogP contribution in [0.3, 0.4) is 0 Å². The maximum absolute atomic E-state index is 12.3. The highest BCUT2D eigenvalue weighted by Crippen LogP contribution is 2.22. The molecule has 21 heavy (non-hydrogen) atoms. The molecule has 0 spiro atoms. The molecule has 1 aromatic heterocycles. The maximum Gasteiger partial charge on any atom is 0.326 e. The third-order valence-corrected chi connectivity index (χ3v) is 3.54. The van der Waals surface area contributed by atoms with Crippen molar-refractivity contribution in [1.29, 1.82) is 0 Å². The van der Waals surface area contributed by atoms with Crippen molar-refractivity contribution in [2.75, 3.05) is 6.54 Å². The topological polar surface area (TPSA) is 83.6 Å². The summed E-state index contributed by atoms with van der Waals surface area (Å²) in [5.74, 6) is -1.02. The lowest BCUT2D eigenvalue weighted by molar-refractivity contribution is -0.141. The van der Waals surface area contributed by atoms with Gasteiger partial charge in [-0.3, -0.25) is 4.79 Å². The van der Waals surface area contributed by atoms with Crippen LogP contribution >= 0.6 is 0 Å². The molecule has 0 bridgehead atoms. The summed E-state index contributed by atoms with van der Waals surface area (Å²) in [6, 6.07) is 8.46. The van der Waals surface area contributed by atoms with Gasteiger partial charge in [-0.2, -0.15) is 0 Å². The Balaban J connectivity index is 1.83. The van der Waals surface area contributed by atoms with Crippen molar-refractivity contribution in [3.63, 3.8) is 0 Å². The van der Waals surface area contributed by atoms with E-state index >= 15 is 0 Å².